The van der Waals surface area contributed by atoms with Gasteiger partial charge in [0.15, 0.2) is 0 Å². The van der Waals surface area contributed by atoms with E-state index < -0.39 is 11.5 Å². The number of carboxylic acids is 1. The van der Waals surface area contributed by atoms with Crippen LogP contribution in [0.4, 0.5) is 0 Å². The molecule has 1 aromatic carbocycles. The maximum Gasteiger partial charge on any atom is 0.323 e. The van der Waals surface area contributed by atoms with Gasteiger partial charge in [0.2, 0.25) is 0 Å². The second-order valence-electron chi connectivity index (χ2n) is 5.09. The largest absolute Gasteiger partial charge is 0.480 e. The molecule has 0 bridgehead atoms. The number of carbonyl (C=O) groups is 1. The summed E-state index contributed by atoms with van der Waals surface area (Å²) < 4.78 is 0. The fourth-order valence-corrected chi connectivity index (χ4v) is 3.11. The minimum absolute atomic E-state index is 0.543. The van der Waals surface area contributed by atoms with Crippen LogP contribution in [0.5, 0.6) is 0 Å². The van der Waals surface area contributed by atoms with E-state index in [-0.39, 0.29) is 0 Å². The molecule has 1 aromatic rings. The molecule has 1 atom stereocenters. The zero-order valence-electron chi connectivity index (χ0n) is 12.3. The maximum atomic E-state index is 11.4. The third-order valence-electron chi connectivity index (χ3n) is 3.22. The van der Waals surface area contributed by atoms with Crippen molar-refractivity contribution in [3.05, 3.63) is 28.2 Å². The van der Waals surface area contributed by atoms with Crippen molar-refractivity contribution < 1.29 is 9.90 Å². The first kappa shape index (κ1) is 18.6. The summed E-state index contributed by atoms with van der Waals surface area (Å²) in [5.74, 6) is 0.0461. The molecular formula is C15H21Cl2NO2S. The first-order valence-corrected chi connectivity index (χ1v) is 8.69. The molecule has 2 N–H and O–H groups in total. The highest BCUT2D eigenvalue weighted by atomic mass is 35.5. The van der Waals surface area contributed by atoms with Gasteiger partial charge in [-0.1, -0.05) is 30.1 Å². The number of thioether (sulfide) groups is 1. The average Bonchev–Trinajstić information content (AvgIpc) is 2.45. The summed E-state index contributed by atoms with van der Waals surface area (Å²) >= 11 is 13.5. The number of carboxylic acid groups (broad SMARTS) is 1. The Bertz CT molecular complexity index is 485. The number of hydrogen-bond acceptors (Lipinski definition) is 3. The molecule has 6 heteroatoms. The highest BCUT2D eigenvalue weighted by Crippen LogP contribution is 2.29. The summed E-state index contributed by atoms with van der Waals surface area (Å²) in [5.41, 5.74) is -0.853. The van der Waals surface area contributed by atoms with E-state index in [0.29, 0.717) is 23.0 Å². The van der Waals surface area contributed by atoms with Gasteiger partial charge in [0.25, 0.3) is 0 Å². The van der Waals surface area contributed by atoms with Gasteiger partial charge in [-0.3, -0.25) is 4.79 Å². The summed E-state index contributed by atoms with van der Waals surface area (Å²) in [5, 5.41) is 13.5. The number of rotatable bonds is 9. The Morgan fingerprint density at radius 1 is 1.38 bits per heavy atom. The number of benzene rings is 1. The molecule has 0 saturated carbocycles. The number of hydrogen-bond donors (Lipinski definition) is 2. The van der Waals surface area contributed by atoms with Crippen molar-refractivity contribution in [2.75, 3.05) is 12.3 Å². The minimum Gasteiger partial charge on any atom is -0.480 e. The Labute approximate surface area is 140 Å². The molecule has 118 valence electrons. The van der Waals surface area contributed by atoms with Crippen LogP contribution in [0.15, 0.2) is 23.1 Å². The summed E-state index contributed by atoms with van der Waals surface area (Å²) in [6.07, 6.45) is 2.32. The molecule has 0 radical (unpaired) electrons. The van der Waals surface area contributed by atoms with Crippen molar-refractivity contribution in [3.8, 4) is 0 Å². The highest BCUT2D eigenvalue weighted by Gasteiger charge is 2.31. The predicted octanol–water partition coefficient (Wildman–Crippen LogP) is 4.71. The van der Waals surface area contributed by atoms with E-state index in [4.69, 9.17) is 23.2 Å². The van der Waals surface area contributed by atoms with Crippen LogP contribution in [0.2, 0.25) is 10.0 Å². The van der Waals surface area contributed by atoms with Gasteiger partial charge in [-0.15, -0.1) is 11.8 Å². The molecule has 0 saturated heterocycles. The van der Waals surface area contributed by atoms with Gasteiger partial charge >= 0.3 is 5.97 Å². The first-order valence-electron chi connectivity index (χ1n) is 6.95. The van der Waals surface area contributed by atoms with Crippen LogP contribution in [-0.4, -0.2) is 28.9 Å². The van der Waals surface area contributed by atoms with E-state index in [2.05, 4.69) is 5.32 Å². The third kappa shape index (κ3) is 6.07. The Kier molecular flexibility index (Phi) is 7.88. The van der Waals surface area contributed by atoms with Gasteiger partial charge in [0, 0.05) is 4.90 Å². The monoisotopic (exact) mass is 349 g/mol. The van der Waals surface area contributed by atoms with E-state index in [1.54, 1.807) is 24.8 Å². The fraction of sp³-hybridized carbons (Fsp3) is 0.533. The van der Waals surface area contributed by atoms with E-state index in [0.717, 1.165) is 23.5 Å². The van der Waals surface area contributed by atoms with Crippen LogP contribution in [0, 0.1) is 0 Å². The standard InChI is InChI=1S/C15H21Cl2NO2S/c1-3-8-18-15(2,14(19)20)7-4-9-21-11-5-6-12(16)13(17)10-11/h5-6,10,18H,3-4,7-9H2,1-2H3,(H,19,20). The quantitative estimate of drug-likeness (QED) is 0.500. The van der Waals surface area contributed by atoms with Crippen molar-refractivity contribution in [2.24, 2.45) is 0 Å². The van der Waals surface area contributed by atoms with Gasteiger partial charge in [-0.25, -0.2) is 0 Å². The van der Waals surface area contributed by atoms with Crippen molar-refractivity contribution >= 4 is 40.9 Å². The van der Waals surface area contributed by atoms with Crippen LogP contribution in [-0.2, 0) is 4.79 Å². The van der Waals surface area contributed by atoms with Crippen molar-refractivity contribution in [1.82, 2.24) is 5.32 Å². The molecule has 0 aliphatic heterocycles. The van der Waals surface area contributed by atoms with E-state index in [1.807, 2.05) is 19.1 Å². The number of nitrogens with one attached hydrogen (secondary N) is 1. The Hall–Kier alpha value is -0.420. The van der Waals surface area contributed by atoms with E-state index in [1.165, 1.54) is 0 Å². The third-order valence-corrected chi connectivity index (χ3v) is 5.04. The molecule has 0 aromatic heterocycles. The van der Waals surface area contributed by atoms with Gasteiger partial charge < -0.3 is 10.4 Å². The predicted molar refractivity (Wildman–Crippen MR) is 90.8 cm³/mol. The van der Waals surface area contributed by atoms with Crippen molar-refractivity contribution in [2.45, 2.75) is 43.5 Å². The summed E-state index contributed by atoms with van der Waals surface area (Å²) in [7, 11) is 0. The lowest BCUT2D eigenvalue weighted by atomic mass is 9.96. The lowest BCUT2D eigenvalue weighted by Crippen LogP contribution is -2.49. The second kappa shape index (κ2) is 8.89. The number of aliphatic carboxylic acids is 1. The van der Waals surface area contributed by atoms with Crippen LogP contribution < -0.4 is 5.32 Å². The van der Waals surface area contributed by atoms with Gasteiger partial charge in [0.05, 0.1) is 10.0 Å². The fourth-order valence-electron chi connectivity index (χ4n) is 1.85. The Morgan fingerprint density at radius 3 is 2.67 bits per heavy atom. The molecular weight excluding hydrogens is 329 g/mol. The molecule has 0 aliphatic rings. The smallest absolute Gasteiger partial charge is 0.323 e. The Balaban J connectivity index is 2.43. The van der Waals surface area contributed by atoms with E-state index in [9.17, 15) is 9.90 Å². The lowest BCUT2D eigenvalue weighted by molar-refractivity contribution is -0.144. The van der Waals surface area contributed by atoms with Gasteiger partial charge in [0.1, 0.15) is 5.54 Å². The second-order valence-corrected chi connectivity index (χ2v) is 7.07. The zero-order valence-corrected chi connectivity index (χ0v) is 14.6. The van der Waals surface area contributed by atoms with Gasteiger partial charge in [-0.2, -0.15) is 0 Å². The molecule has 3 nitrogen and oxygen atoms in total. The SMILES string of the molecule is CCCNC(C)(CCCSc1ccc(Cl)c(Cl)c1)C(=O)O. The minimum atomic E-state index is -0.853. The molecule has 1 rings (SSSR count). The van der Waals surface area contributed by atoms with Crippen LogP contribution >= 0.6 is 35.0 Å². The highest BCUT2D eigenvalue weighted by molar-refractivity contribution is 7.99. The first-order chi connectivity index (χ1) is 9.89. The number of halogens is 2. The van der Waals surface area contributed by atoms with Crippen molar-refractivity contribution in [3.63, 3.8) is 0 Å². The molecule has 0 amide bonds. The molecule has 0 spiro atoms. The molecule has 0 fully saturated rings. The Morgan fingerprint density at radius 2 is 2.10 bits per heavy atom. The average molecular weight is 350 g/mol. The summed E-state index contributed by atoms with van der Waals surface area (Å²) in [6, 6.07) is 5.53. The molecule has 1 unspecified atom stereocenters. The summed E-state index contributed by atoms with van der Waals surface area (Å²) in [6.45, 7) is 4.48. The van der Waals surface area contributed by atoms with Crippen LogP contribution in [0.3, 0.4) is 0 Å². The summed E-state index contributed by atoms with van der Waals surface area (Å²) in [4.78, 5) is 12.4. The molecule has 0 aliphatic carbocycles. The lowest BCUT2D eigenvalue weighted by Gasteiger charge is -2.26. The van der Waals surface area contributed by atoms with E-state index >= 15 is 0 Å². The van der Waals surface area contributed by atoms with Crippen LogP contribution in [0.25, 0.3) is 0 Å². The maximum absolute atomic E-state index is 11.4. The zero-order chi connectivity index (χ0) is 15.9. The van der Waals surface area contributed by atoms with Crippen molar-refractivity contribution in [1.29, 1.82) is 0 Å². The topological polar surface area (TPSA) is 49.3 Å². The van der Waals surface area contributed by atoms with Crippen LogP contribution in [0.1, 0.15) is 33.1 Å². The normalized spacial score (nSPS) is 13.9. The molecule has 21 heavy (non-hydrogen) atoms. The molecule has 0 heterocycles. The van der Waals surface area contributed by atoms with Gasteiger partial charge in [-0.05, 0) is 56.7 Å².